The SMILES string of the molecule is Clc1c(Cl)c(Cl)c2c(c1Cl)-c1c(Cl)c(Cl)c(Cl)c(Cl)c1C2C1(Cl)c2c(Cl)c(Cl)c(Cl)c(Cl)c2-c2c(Cl)c(Cl)c(Cl)c(Cl)c21. The van der Waals surface area contributed by atoms with Gasteiger partial charge in [0, 0.05) is 39.3 Å². The summed E-state index contributed by atoms with van der Waals surface area (Å²) in [4.78, 5) is -1.94. The van der Waals surface area contributed by atoms with Gasteiger partial charge in [-0.05, 0) is 11.1 Å². The molecule has 0 saturated carbocycles. The van der Waals surface area contributed by atoms with E-state index in [1.54, 1.807) is 0 Å². The molecule has 0 amide bonds. The fourth-order valence-corrected chi connectivity index (χ4v) is 10.7. The maximum atomic E-state index is 7.88. The van der Waals surface area contributed by atoms with E-state index in [9.17, 15) is 0 Å². The number of alkyl halides is 1. The third kappa shape index (κ3) is 4.41. The number of rotatable bonds is 1. The van der Waals surface area contributed by atoms with Crippen LogP contribution in [0.2, 0.25) is 80.4 Å². The van der Waals surface area contributed by atoms with Crippen molar-refractivity contribution in [2.75, 3.05) is 0 Å². The third-order valence-electron chi connectivity index (χ3n) is 7.34. The molecule has 4 aromatic carbocycles. The second-order valence-electron chi connectivity index (χ2n) is 9.25. The summed E-state index contributed by atoms with van der Waals surface area (Å²) in [6.45, 7) is 0. The van der Waals surface area contributed by atoms with Crippen molar-refractivity contribution in [1.29, 1.82) is 0 Å². The number of benzene rings is 4. The Kier molecular flexibility index (Phi) is 9.44. The van der Waals surface area contributed by atoms with Crippen LogP contribution >= 0.6 is 197 Å². The summed E-state index contributed by atoms with van der Waals surface area (Å²) in [5.74, 6) is -1.20. The Labute approximate surface area is 328 Å². The quantitative estimate of drug-likeness (QED) is 0.101. The molecular formula is C26HCl17. The Bertz CT molecular complexity index is 1870. The zero-order valence-corrected chi connectivity index (χ0v) is 32.4. The first kappa shape index (κ1) is 34.7. The van der Waals surface area contributed by atoms with Gasteiger partial charge in [0.25, 0.3) is 0 Å². The van der Waals surface area contributed by atoms with E-state index < -0.39 is 10.8 Å². The fourth-order valence-electron chi connectivity index (χ4n) is 5.70. The van der Waals surface area contributed by atoms with Gasteiger partial charge in [0.1, 0.15) is 4.87 Å². The first-order valence-electron chi connectivity index (χ1n) is 11.1. The lowest BCUT2D eigenvalue weighted by molar-refractivity contribution is 0.651. The minimum absolute atomic E-state index is 0.0265. The van der Waals surface area contributed by atoms with Crippen LogP contribution in [0.3, 0.4) is 0 Å². The molecule has 0 N–H and O–H groups in total. The Hall–Kier alpha value is 1.81. The molecule has 0 bridgehead atoms. The van der Waals surface area contributed by atoms with Crippen LogP contribution in [0, 0.1) is 0 Å². The molecule has 17 heteroatoms. The molecule has 0 atom stereocenters. The first-order chi connectivity index (χ1) is 19.9. The molecule has 224 valence electrons. The Morgan fingerprint density at radius 2 is 0.512 bits per heavy atom. The van der Waals surface area contributed by atoms with Gasteiger partial charge in [-0.3, -0.25) is 0 Å². The smallest absolute Gasteiger partial charge is 0.108 e. The van der Waals surface area contributed by atoms with Crippen LogP contribution in [0.5, 0.6) is 0 Å². The monoisotopic (exact) mass is 907 g/mol. The molecule has 43 heavy (non-hydrogen) atoms. The first-order valence-corrected chi connectivity index (χ1v) is 17.5. The van der Waals surface area contributed by atoms with E-state index in [4.69, 9.17) is 197 Å². The Balaban J connectivity index is 1.95. The van der Waals surface area contributed by atoms with Gasteiger partial charge in [-0.25, -0.2) is 0 Å². The zero-order chi connectivity index (χ0) is 31.9. The predicted octanol–water partition coefficient (Wildman–Crippen LogP) is 17.4. The Morgan fingerprint density at radius 1 is 0.279 bits per heavy atom. The van der Waals surface area contributed by atoms with E-state index in [2.05, 4.69) is 0 Å². The van der Waals surface area contributed by atoms with Crippen LogP contribution in [0.25, 0.3) is 22.3 Å². The van der Waals surface area contributed by atoms with Crippen LogP contribution in [0.15, 0.2) is 0 Å². The molecule has 0 saturated heterocycles. The van der Waals surface area contributed by atoms with Crippen molar-refractivity contribution >= 4 is 197 Å². The van der Waals surface area contributed by atoms with Crippen molar-refractivity contribution in [1.82, 2.24) is 0 Å². The molecule has 0 spiro atoms. The molecule has 0 radical (unpaired) electrons. The van der Waals surface area contributed by atoms with E-state index in [0.29, 0.717) is 0 Å². The van der Waals surface area contributed by atoms with Gasteiger partial charge >= 0.3 is 0 Å². The van der Waals surface area contributed by atoms with E-state index in [1.807, 2.05) is 0 Å². The molecule has 0 unspecified atom stereocenters. The van der Waals surface area contributed by atoms with Gasteiger partial charge < -0.3 is 0 Å². The molecule has 2 aliphatic rings. The normalized spacial score (nSPS) is 14.7. The number of hydrogen-bond acceptors (Lipinski definition) is 0. The Morgan fingerprint density at radius 3 is 0.814 bits per heavy atom. The molecule has 4 aromatic rings. The van der Waals surface area contributed by atoms with Crippen LogP contribution in [-0.4, -0.2) is 0 Å². The van der Waals surface area contributed by atoms with Crippen LogP contribution in [-0.2, 0) is 4.87 Å². The van der Waals surface area contributed by atoms with E-state index in [0.717, 1.165) is 0 Å². The number of hydrogen-bond donors (Lipinski definition) is 0. The highest BCUT2D eigenvalue weighted by molar-refractivity contribution is 6.59. The number of halogens is 17. The van der Waals surface area contributed by atoms with Gasteiger partial charge in [0.2, 0.25) is 0 Å². The lowest BCUT2D eigenvalue weighted by atomic mass is 9.77. The highest BCUT2D eigenvalue weighted by Gasteiger charge is 2.59. The van der Waals surface area contributed by atoms with Crippen molar-refractivity contribution < 1.29 is 0 Å². The standard InChI is InChI=1S/C26HCl17/c27-10-1-2-4(13(30)21(38)19(36)11(2)28)7(3(1)12(29)20(37)18(10)35)26(43)8-5(14(31)22(39)24(41)16(8)33)6-9(26)17(34)25(42)23(40)15(6)32/h7H. The molecule has 0 fully saturated rings. The van der Waals surface area contributed by atoms with Crippen molar-refractivity contribution in [3.63, 3.8) is 0 Å². The molecule has 2 aliphatic carbocycles. The molecule has 0 aliphatic heterocycles. The van der Waals surface area contributed by atoms with Gasteiger partial charge in [-0.15, -0.1) is 11.6 Å². The minimum atomic E-state index is -1.94. The van der Waals surface area contributed by atoms with Crippen molar-refractivity contribution in [2.45, 2.75) is 10.8 Å². The molecule has 0 heterocycles. The van der Waals surface area contributed by atoms with Crippen molar-refractivity contribution in [3.05, 3.63) is 103 Å². The summed E-state index contributed by atoms with van der Waals surface area (Å²) < 4.78 is 0. The van der Waals surface area contributed by atoms with Gasteiger partial charge in [0.05, 0.1) is 80.4 Å². The van der Waals surface area contributed by atoms with E-state index in [-0.39, 0.29) is 125 Å². The second-order valence-corrected chi connectivity index (χ2v) is 15.9. The lowest BCUT2D eigenvalue weighted by Gasteiger charge is -2.35. The van der Waals surface area contributed by atoms with Crippen LogP contribution in [0.1, 0.15) is 28.2 Å². The molecule has 0 aromatic heterocycles. The third-order valence-corrected chi connectivity index (χ3v) is 15.2. The zero-order valence-electron chi connectivity index (χ0n) is 19.5. The van der Waals surface area contributed by atoms with Crippen molar-refractivity contribution in [2.24, 2.45) is 0 Å². The van der Waals surface area contributed by atoms with Gasteiger partial charge in [-0.1, -0.05) is 186 Å². The van der Waals surface area contributed by atoms with E-state index in [1.165, 1.54) is 0 Å². The maximum absolute atomic E-state index is 7.88. The highest BCUT2D eigenvalue weighted by atomic mass is 35.5. The predicted molar refractivity (Wildman–Crippen MR) is 192 cm³/mol. The highest BCUT2D eigenvalue weighted by Crippen LogP contribution is 2.73. The van der Waals surface area contributed by atoms with E-state index >= 15 is 0 Å². The lowest BCUT2D eigenvalue weighted by Crippen LogP contribution is -2.28. The second kappa shape index (κ2) is 11.7. The fraction of sp³-hybridized carbons (Fsp3) is 0.0769. The maximum Gasteiger partial charge on any atom is 0.110 e. The number of fused-ring (bicyclic) bond motifs is 6. The van der Waals surface area contributed by atoms with Gasteiger partial charge in [0.15, 0.2) is 0 Å². The molecule has 6 rings (SSSR count). The summed E-state index contributed by atoms with van der Waals surface area (Å²) in [5.41, 5.74) is 1.50. The summed E-state index contributed by atoms with van der Waals surface area (Å²) in [5, 5.41) is -1.20. The summed E-state index contributed by atoms with van der Waals surface area (Å²) >= 11 is 115. The largest absolute Gasteiger partial charge is 0.110 e. The minimum Gasteiger partial charge on any atom is -0.108 e. The average Bonchev–Trinajstić information content (AvgIpc) is 3.48. The molecule has 0 nitrogen and oxygen atoms in total. The summed E-state index contributed by atoms with van der Waals surface area (Å²) in [7, 11) is 0. The van der Waals surface area contributed by atoms with Crippen LogP contribution in [0.4, 0.5) is 0 Å². The van der Waals surface area contributed by atoms with Crippen LogP contribution < -0.4 is 0 Å². The van der Waals surface area contributed by atoms with Gasteiger partial charge in [-0.2, -0.15) is 0 Å². The topological polar surface area (TPSA) is 0 Å². The molecular weight excluding hydrogens is 915 g/mol. The summed E-state index contributed by atoms with van der Waals surface area (Å²) in [6, 6.07) is 0. The summed E-state index contributed by atoms with van der Waals surface area (Å²) in [6.07, 6.45) is 0. The average molecular weight is 916 g/mol. The van der Waals surface area contributed by atoms with Crippen molar-refractivity contribution in [3.8, 4) is 22.3 Å².